The van der Waals surface area contributed by atoms with Crippen LogP contribution in [-0.4, -0.2) is 34.5 Å². The van der Waals surface area contributed by atoms with Crippen molar-refractivity contribution in [3.05, 3.63) is 0 Å². The van der Waals surface area contributed by atoms with Crippen molar-refractivity contribution in [1.29, 1.82) is 0 Å². The third-order valence-corrected chi connectivity index (χ3v) is 4.45. The summed E-state index contributed by atoms with van der Waals surface area (Å²) >= 11 is 0. The Labute approximate surface area is 88.8 Å². The van der Waals surface area contributed by atoms with Crippen molar-refractivity contribution >= 4 is 10.8 Å². The highest BCUT2D eigenvalue weighted by molar-refractivity contribution is 7.85. The van der Waals surface area contributed by atoms with E-state index in [1.807, 2.05) is 6.92 Å². The molecule has 0 aliphatic carbocycles. The number of ether oxygens (including phenoxy) is 1. The van der Waals surface area contributed by atoms with E-state index in [-0.39, 0.29) is 6.04 Å². The third kappa shape index (κ3) is 4.53. The van der Waals surface area contributed by atoms with Crippen molar-refractivity contribution in [3.8, 4) is 0 Å². The van der Waals surface area contributed by atoms with Crippen LogP contribution in [-0.2, 0) is 15.5 Å². The van der Waals surface area contributed by atoms with E-state index in [1.165, 1.54) is 0 Å². The number of hydrogen-bond acceptors (Lipinski definition) is 3. The van der Waals surface area contributed by atoms with Crippen molar-refractivity contribution in [2.45, 2.75) is 43.9 Å². The minimum absolute atomic E-state index is 0.238. The van der Waals surface area contributed by atoms with Crippen LogP contribution in [0.4, 0.5) is 0 Å². The molecule has 1 heterocycles. The van der Waals surface area contributed by atoms with E-state index < -0.39 is 10.8 Å². The molecule has 2 unspecified atom stereocenters. The van der Waals surface area contributed by atoms with Gasteiger partial charge in [0.2, 0.25) is 0 Å². The van der Waals surface area contributed by atoms with Gasteiger partial charge in [-0.2, -0.15) is 0 Å². The Balaban J connectivity index is 2.13. The first-order valence-electron chi connectivity index (χ1n) is 5.40. The Morgan fingerprint density at radius 3 is 2.71 bits per heavy atom. The molecule has 0 aromatic carbocycles. The summed E-state index contributed by atoms with van der Waals surface area (Å²) in [5.74, 6) is 0.812. The lowest BCUT2D eigenvalue weighted by Gasteiger charge is -2.21. The van der Waals surface area contributed by atoms with Crippen LogP contribution in [0.3, 0.4) is 0 Å². The van der Waals surface area contributed by atoms with E-state index >= 15 is 0 Å². The molecule has 0 aromatic rings. The largest absolute Gasteiger partial charge is 0.381 e. The van der Waals surface area contributed by atoms with Crippen LogP contribution < -0.4 is 5.73 Å². The van der Waals surface area contributed by atoms with Gasteiger partial charge in [-0.3, -0.25) is 4.21 Å². The van der Waals surface area contributed by atoms with Gasteiger partial charge >= 0.3 is 0 Å². The zero-order valence-electron chi connectivity index (χ0n) is 8.91. The molecule has 0 saturated carbocycles. The lowest BCUT2D eigenvalue weighted by Crippen LogP contribution is -2.26. The van der Waals surface area contributed by atoms with Crippen LogP contribution in [0.2, 0.25) is 0 Å². The average molecular weight is 219 g/mol. The molecule has 0 bridgehead atoms. The minimum Gasteiger partial charge on any atom is -0.381 e. The van der Waals surface area contributed by atoms with Crippen LogP contribution >= 0.6 is 0 Å². The second-order valence-electron chi connectivity index (χ2n) is 4.02. The van der Waals surface area contributed by atoms with E-state index in [2.05, 4.69) is 0 Å². The Morgan fingerprint density at radius 1 is 1.50 bits per heavy atom. The third-order valence-electron chi connectivity index (χ3n) is 2.55. The molecule has 0 aromatic heterocycles. The molecule has 1 aliphatic heterocycles. The van der Waals surface area contributed by atoms with Gasteiger partial charge in [-0.1, -0.05) is 0 Å². The van der Waals surface area contributed by atoms with Gasteiger partial charge in [0.25, 0.3) is 0 Å². The van der Waals surface area contributed by atoms with Crippen molar-refractivity contribution in [2.24, 2.45) is 5.73 Å². The van der Waals surface area contributed by atoms with E-state index in [0.717, 1.165) is 44.6 Å². The van der Waals surface area contributed by atoms with E-state index in [0.29, 0.717) is 5.25 Å². The van der Waals surface area contributed by atoms with Crippen molar-refractivity contribution in [1.82, 2.24) is 0 Å². The van der Waals surface area contributed by atoms with Gasteiger partial charge < -0.3 is 10.5 Å². The quantitative estimate of drug-likeness (QED) is 0.751. The Hall–Kier alpha value is 0.0700. The molecule has 1 aliphatic rings. The van der Waals surface area contributed by atoms with Crippen LogP contribution in [0.15, 0.2) is 0 Å². The van der Waals surface area contributed by atoms with Crippen LogP contribution in [0.25, 0.3) is 0 Å². The van der Waals surface area contributed by atoms with Gasteiger partial charge in [0.1, 0.15) is 0 Å². The zero-order valence-corrected chi connectivity index (χ0v) is 9.72. The second-order valence-corrected chi connectivity index (χ2v) is 5.85. The molecule has 0 radical (unpaired) electrons. The Bertz CT molecular complexity index is 179. The number of rotatable bonds is 5. The first-order chi connectivity index (χ1) is 6.70. The molecular formula is C10H21NO2S. The lowest BCUT2D eigenvalue weighted by atomic mass is 10.2. The molecular weight excluding hydrogens is 198 g/mol. The summed E-state index contributed by atoms with van der Waals surface area (Å²) in [5.41, 5.74) is 5.64. The molecule has 0 amide bonds. The highest BCUT2D eigenvalue weighted by Gasteiger charge is 2.19. The molecule has 2 N–H and O–H groups in total. The maximum Gasteiger partial charge on any atom is 0.0477 e. The molecule has 4 heteroatoms. The molecule has 0 spiro atoms. The first-order valence-corrected chi connectivity index (χ1v) is 6.79. The summed E-state index contributed by atoms with van der Waals surface area (Å²) in [5, 5.41) is 0.372. The average Bonchev–Trinajstić information content (AvgIpc) is 2.18. The maximum atomic E-state index is 11.8. The van der Waals surface area contributed by atoms with Crippen molar-refractivity contribution < 1.29 is 8.95 Å². The lowest BCUT2D eigenvalue weighted by molar-refractivity contribution is 0.0992. The summed E-state index contributed by atoms with van der Waals surface area (Å²) in [4.78, 5) is 0. The standard InChI is InChI=1S/C10H21NO2S/c1-9(11)3-2-8-14(12)10-4-6-13-7-5-10/h9-10H,2-8,11H2,1H3. The van der Waals surface area contributed by atoms with Gasteiger partial charge in [-0.15, -0.1) is 0 Å². The van der Waals surface area contributed by atoms with Gasteiger partial charge in [0, 0.05) is 41.1 Å². The van der Waals surface area contributed by atoms with Gasteiger partial charge in [-0.25, -0.2) is 0 Å². The topological polar surface area (TPSA) is 52.3 Å². The maximum absolute atomic E-state index is 11.8. The van der Waals surface area contributed by atoms with E-state index in [9.17, 15) is 4.21 Å². The van der Waals surface area contributed by atoms with E-state index in [4.69, 9.17) is 10.5 Å². The fourth-order valence-corrected chi connectivity index (χ4v) is 3.16. The summed E-state index contributed by atoms with van der Waals surface area (Å²) in [6.07, 6.45) is 3.90. The highest BCUT2D eigenvalue weighted by Crippen LogP contribution is 2.14. The Morgan fingerprint density at radius 2 is 2.14 bits per heavy atom. The fraction of sp³-hybridized carbons (Fsp3) is 1.00. The minimum atomic E-state index is -0.658. The normalized spacial score (nSPS) is 23.3. The van der Waals surface area contributed by atoms with Crippen LogP contribution in [0, 0.1) is 0 Å². The number of hydrogen-bond donors (Lipinski definition) is 1. The second kappa shape index (κ2) is 6.53. The molecule has 14 heavy (non-hydrogen) atoms. The van der Waals surface area contributed by atoms with Crippen LogP contribution in [0.1, 0.15) is 32.6 Å². The summed E-state index contributed by atoms with van der Waals surface area (Å²) in [6, 6.07) is 0.238. The monoisotopic (exact) mass is 219 g/mol. The molecule has 2 atom stereocenters. The zero-order chi connectivity index (χ0) is 10.4. The SMILES string of the molecule is CC(N)CCCS(=O)C1CCOCC1. The van der Waals surface area contributed by atoms with Gasteiger partial charge in [0.05, 0.1) is 0 Å². The van der Waals surface area contributed by atoms with Gasteiger partial charge in [-0.05, 0) is 32.6 Å². The predicted molar refractivity (Wildman–Crippen MR) is 59.7 cm³/mol. The van der Waals surface area contributed by atoms with Crippen molar-refractivity contribution in [3.63, 3.8) is 0 Å². The molecule has 1 saturated heterocycles. The summed E-state index contributed by atoms with van der Waals surface area (Å²) < 4.78 is 17.0. The molecule has 3 nitrogen and oxygen atoms in total. The number of nitrogens with two attached hydrogens (primary N) is 1. The molecule has 1 fully saturated rings. The Kier molecular flexibility index (Phi) is 5.67. The molecule has 84 valence electrons. The van der Waals surface area contributed by atoms with E-state index in [1.54, 1.807) is 0 Å². The van der Waals surface area contributed by atoms with Gasteiger partial charge in [0.15, 0.2) is 0 Å². The highest BCUT2D eigenvalue weighted by atomic mass is 32.2. The molecule has 1 rings (SSSR count). The smallest absolute Gasteiger partial charge is 0.0477 e. The first kappa shape index (κ1) is 12.1. The predicted octanol–water partition coefficient (Wildman–Crippen LogP) is 1.04. The summed E-state index contributed by atoms with van der Waals surface area (Å²) in [6.45, 7) is 3.56. The van der Waals surface area contributed by atoms with Crippen molar-refractivity contribution in [2.75, 3.05) is 19.0 Å². The summed E-state index contributed by atoms with van der Waals surface area (Å²) in [7, 11) is -0.658. The fourth-order valence-electron chi connectivity index (χ4n) is 1.65. The van der Waals surface area contributed by atoms with Crippen LogP contribution in [0.5, 0.6) is 0 Å².